The number of thiophene rings is 1. The van der Waals surface area contributed by atoms with Gasteiger partial charge in [-0.2, -0.15) is 0 Å². The van der Waals surface area contributed by atoms with Crippen molar-refractivity contribution in [3.05, 3.63) is 20.3 Å². The van der Waals surface area contributed by atoms with Crippen molar-refractivity contribution in [1.29, 1.82) is 0 Å². The second-order valence-corrected chi connectivity index (χ2v) is 6.09. The van der Waals surface area contributed by atoms with Gasteiger partial charge in [-0.25, -0.2) is 0 Å². The highest BCUT2D eigenvalue weighted by molar-refractivity contribution is 9.11. The molecule has 1 nitrogen and oxygen atoms in total. The predicted molar refractivity (Wildman–Crippen MR) is 64.5 cm³/mol. The Morgan fingerprint density at radius 2 is 2.57 bits per heavy atom. The zero-order valence-electron chi connectivity index (χ0n) is 8.01. The van der Waals surface area contributed by atoms with Crippen molar-refractivity contribution in [3.63, 3.8) is 0 Å². The maximum atomic E-state index is 5.36. The van der Waals surface area contributed by atoms with Gasteiger partial charge in [0.2, 0.25) is 0 Å². The Kier molecular flexibility index (Phi) is 2.96. The molecule has 0 fully saturated rings. The van der Waals surface area contributed by atoms with Gasteiger partial charge in [0.25, 0.3) is 0 Å². The van der Waals surface area contributed by atoms with E-state index in [1.54, 1.807) is 0 Å². The first-order valence-electron chi connectivity index (χ1n) is 4.71. The third-order valence-corrected chi connectivity index (χ3v) is 4.26. The van der Waals surface area contributed by atoms with Crippen molar-refractivity contribution < 1.29 is 0 Å². The van der Waals surface area contributed by atoms with Gasteiger partial charge in [-0.05, 0) is 47.3 Å². The molecule has 3 heteroatoms. The molecule has 0 amide bonds. The summed E-state index contributed by atoms with van der Waals surface area (Å²) in [6, 6.07) is 2.83. The van der Waals surface area contributed by atoms with Crippen LogP contribution in [0, 0.1) is 12.3 Å². The summed E-state index contributed by atoms with van der Waals surface area (Å²) in [5, 5.41) is 3.45. The molecule has 0 aromatic carbocycles. The molecule has 1 aromatic heterocycles. The first-order chi connectivity index (χ1) is 6.70. The molecule has 0 saturated heterocycles. The maximum Gasteiger partial charge on any atom is 0.0704 e. The molecule has 2 atom stereocenters. The zero-order chi connectivity index (χ0) is 10.1. The summed E-state index contributed by atoms with van der Waals surface area (Å²) in [5.41, 5.74) is 1.43. The Morgan fingerprint density at radius 1 is 1.79 bits per heavy atom. The van der Waals surface area contributed by atoms with Crippen molar-refractivity contribution in [2.45, 2.75) is 31.8 Å². The molecule has 0 bridgehead atoms. The van der Waals surface area contributed by atoms with Gasteiger partial charge in [0.1, 0.15) is 0 Å². The fourth-order valence-corrected chi connectivity index (χ4v) is 3.65. The number of hydrogen-bond donors (Lipinski definition) is 1. The average Bonchev–Trinajstić information content (AvgIpc) is 2.67. The van der Waals surface area contributed by atoms with Crippen LogP contribution in [0.4, 0.5) is 0 Å². The number of terminal acetylenes is 1. The standard InChI is InChI=1S/C11H12BrNS/c1-3-7(2)13-9-4-5-10-8(9)6-11(12)14-10/h1,6-7,9,13H,4-5H2,2H3. The highest BCUT2D eigenvalue weighted by Gasteiger charge is 2.25. The molecule has 0 radical (unpaired) electrons. The van der Waals surface area contributed by atoms with Crippen LogP contribution in [-0.4, -0.2) is 6.04 Å². The monoisotopic (exact) mass is 269 g/mol. The van der Waals surface area contributed by atoms with Crippen molar-refractivity contribution >= 4 is 27.3 Å². The molecule has 14 heavy (non-hydrogen) atoms. The lowest BCUT2D eigenvalue weighted by Crippen LogP contribution is -2.27. The van der Waals surface area contributed by atoms with Crippen LogP contribution in [0.25, 0.3) is 0 Å². The van der Waals surface area contributed by atoms with Crippen LogP contribution in [0.3, 0.4) is 0 Å². The first-order valence-corrected chi connectivity index (χ1v) is 6.32. The van der Waals surface area contributed by atoms with Gasteiger partial charge in [-0.1, -0.05) is 5.92 Å². The Hall–Kier alpha value is -0.300. The van der Waals surface area contributed by atoms with Crippen LogP contribution < -0.4 is 5.32 Å². The summed E-state index contributed by atoms with van der Waals surface area (Å²) in [4.78, 5) is 1.50. The molecule has 1 aromatic rings. The Morgan fingerprint density at radius 3 is 3.29 bits per heavy atom. The van der Waals surface area contributed by atoms with E-state index in [2.05, 4.69) is 33.2 Å². The van der Waals surface area contributed by atoms with E-state index in [9.17, 15) is 0 Å². The van der Waals surface area contributed by atoms with Crippen LogP contribution in [0.2, 0.25) is 0 Å². The Bertz CT molecular complexity index is 377. The van der Waals surface area contributed by atoms with Gasteiger partial charge in [-0.15, -0.1) is 17.8 Å². The van der Waals surface area contributed by atoms with E-state index in [-0.39, 0.29) is 6.04 Å². The molecular weight excluding hydrogens is 258 g/mol. The minimum Gasteiger partial charge on any atom is -0.297 e. The molecule has 0 saturated carbocycles. The van der Waals surface area contributed by atoms with Gasteiger partial charge < -0.3 is 0 Å². The molecule has 2 unspecified atom stereocenters. The van der Waals surface area contributed by atoms with E-state index in [4.69, 9.17) is 6.42 Å². The van der Waals surface area contributed by atoms with Crippen LogP contribution in [0.15, 0.2) is 9.85 Å². The van der Waals surface area contributed by atoms with E-state index in [1.807, 2.05) is 18.3 Å². The molecule has 0 aliphatic heterocycles. The minimum absolute atomic E-state index is 0.157. The van der Waals surface area contributed by atoms with E-state index in [0.717, 1.165) is 0 Å². The van der Waals surface area contributed by atoms with Crippen molar-refractivity contribution in [2.75, 3.05) is 0 Å². The number of aryl methyl sites for hydroxylation is 1. The Labute approximate surface area is 97.0 Å². The predicted octanol–water partition coefficient (Wildman–Crippen LogP) is 3.11. The van der Waals surface area contributed by atoms with Crippen LogP contribution in [0.5, 0.6) is 0 Å². The molecule has 0 spiro atoms. The highest BCUT2D eigenvalue weighted by atomic mass is 79.9. The van der Waals surface area contributed by atoms with Crippen molar-refractivity contribution in [2.24, 2.45) is 0 Å². The Balaban J connectivity index is 2.14. The lowest BCUT2D eigenvalue weighted by molar-refractivity contribution is 0.508. The average molecular weight is 270 g/mol. The third kappa shape index (κ3) is 1.88. The fourth-order valence-electron chi connectivity index (χ4n) is 1.85. The quantitative estimate of drug-likeness (QED) is 0.814. The first kappa shape index (κ1) is 10.2. The molecule has 2 rings (SSSR count). The maximum absolute atomic E-state index is 5.36. The molecule has 74 valence electrons. The molecule has 1 heterocycles. The van der Waals surface area contributed by atoms with Gasteiger partial charge in [0.05, 0.1) is 9.83 Å². The second kappa shape index (κ2) is 4.06. The third-order valence-electron chi connectivity index (χ3n) is 2.55. The van der Waals surface area contributed by atoms with E-state index in [0.29, 0.717) is 6.04 Å². The van der Waals surface area contributed by atoms with E-state index < -0.39 is 0 Å². The van der Waals surface area contributed by atoms with Crippen LogP contribution >= 0.6 is 27.3 Å². The number of rotatable bonds is 2. The van der Waals surface area contributed by atoms with Crippen LogP contribution in [-0.2, 0) is 6.42 Å². The van der Waals surface area contributed by atoms with Gasteiger partial charge in [-0.3, -0.25) is 5.32 Å². The fraction of sp³-hybridized carbons (Fsp3) is 0.455. The zero-order valence-corrected chi connectivity index (χ0v) is 10.4. The van der Waals surface area contributed by atoms with E-state index >= 15 is 0 Å². The summed E-state index contributed by atoms with van der Waals surface area (Å²) in [6.07, 6.45) is 7.72. The molecular formula is C11H12BrNS. The summed E-state index contributed by atoms with van der Waals surface area (Å²) >= 11 is 5.36. The van der Waals surface area contributed by atoms with Gasteiger partial charge in [0.15, 0.2) is 0 Å². The second-order valence-electron chi connectivity index (χ2n) is 3.58. The number of nitrogens with one attached hydrogen (secondary N) is 1. The lowest BCUT2D eigenvalue weighted by atomic mass is 10.1. The summed E-state index contributed by atoms with van der Waals surface area (Å²) in [6.45, 7) is 2.03. The number of hydrogen-bond acceptors (Lipinski definition) is 2. The molecule has 1 aliphatic carbocycles. The lowest BCUT2D eigenvalue weighted by Gasteiger charge is -2.15. The smallest absolute Gasteiger partial charge is 0.0704 e. The van der Waals surface area contributed by atoms with E-state index in [1.165, 1.54) is 27.1 Å². The largest absolute Gasteiger partial charge is 0.297 e. The van der Waals surface area contributed by atoms with Crippen molar-refractivity contribution in [3.8, 4) is 12.3 Å². The summed E-state index contributed by atoms with van der Waals surface area (Å²) in [7, 11) is 0. The van der Waals surface area contributed by atoms with Crippen LogP contribution in [0.1, 0.15) is 29.8 Å². The normalized spacial score (nSPS) is 21.6. The van der Waals surface area contributed by atoms with Gasteiger partial charge >= 0.3 is 0 Å². The highest BCUT2D eigenvalue weighted by Crippen LogP contribution is 2.39. The number of halogens is 1. The SMILES string of the molecule is C#CC(C)NC1CCc2sc(Br)cc21. The summed E-state index contributed by atoms with van der Waals surface area (Å²) in [5.74, 6) is 2.71. The van der Waals surface area contributed by atoms with Crippen molar-refractivity contribution in [1.82, 2.24) is 5.32 Å². The number of fused-ring (bicyclic) bond motifs is 1. The van der Waals surface area contributed by atoms with Gasteiger partial charge in [0, 0.05) is 10.9 Å². The minimum atomic E-state index is 0.157. The molecule has 1 aliphatic rings. The summed E-state index contributed by atoms with van der Waals surface area (Å²) < 4.78 is 1.22. The topological polar surface area (TPSA) is 12.0 Å². The molecule has 1 N–H and O–H groups in total.